The molecular formula is C92H169NO18. The van der Waals surface area contributed by atoms with Gasteiger partial charge in [-0.25, -0.2) is 0 Å². The van der Waals surface area contributed by atoms with E-state index < -0.39 is 124 Å². The predicted molar refractivity (Wildman–Crippen MR) is 448 cm³/mol. The van der Waals surface area contributed by atoms with Crippen LogP contribution in [0.4, 0.5) is 0 Å². The number of hydrogen-bond donors (Lipinski definition) is 12. The quantitative estimate of drug-likeness (QED) is 0.0199. The van der Waals surface area contributed by atoms with Crippen molar-refractivity contribution in [1.29, 1.82) is 0 Å². The first kappa shape index (κ1) is 103. The molecule has 0 aromatic heterocycles. The molecule has 17 unspecified atom stereocenters. The van der Waals surface area contributed by atoms with E-state index in [1.807, 2.05) is 0 Å². The van der Waals surface area contributed by atoms with E-state index in [9.17, 15) is 61.0 Å². The van der Waals surface area contributed by atoms with Crippen molar-refractivity contribution in [2.24, 2.45) is 0 Å². The number of unbranched alkanes of at least 4 members (excludes halogenated alkanes) is 49. The van der Waals surface area contributed by atoms with Gasteiger partial charge in [-0.05, 0) is 57.8 Å². The topological polar surface area (TPSA) is 307 Å². The van der Waals surface area contributed by atoms with Gasteiger partial charge in [0, 0.05) is 6.42 Å². The number of allylic oxidation sites excluding steroid dienone is 10. The number of rotatable bonds is 75. The van der Waals surface area contributed by atoms with Crippen LogP contribution in [-0.4, -0.2) is 193 Å². The Kier molecular flexibility index (Phi) is 66.2. The van der Waals surface area contributed by atoms with E-state index in [4.69, 9.17) is 28.4 Å². The fraction of sp³-hybridized carbons (Fsp3) is 0.880. The molecule has 17 atom stereocenters. The molecule has 0 spiro atoms. The molecule has 1 amide bonds. The highest BCUT2D eigenvalue weighted by atomic mass is 16.8. The van der Waals surface area contributed by atoms with Gasteiger partial charge in [-0.3, -0.25) is 4.79 Å². The first-order valence-electron chi connectivity index (χ1n) is 46.0. The summed E-state index contributed by atoms with van der Waals surface area (Å²) in [6.07, 6.45) is 67.6. The molecule has 0 saturated carbocycles. The maximum Gasteiger partial charge on any atom is 0.220 e. The van der Waals surface area contributed by atoms with Crippen molar-refractivity contribution < 1.29 is 89.4 Å². The number of carbonyl (C=O) groups excluding carboxylic acids is 1. The maximum absolute atomic E-state index is 13.6. The molecule has 0 radical (unpaired) electrons. The summed E-state index contributed by atoms with van der Waals surface area (Å²) in [4.78, 5) is 13.6. The Bertz CT molecular complexity index is 2230. The predicted octanol–water partition coefficient (Wildman–Crippen LogP) is 17.7. The van der Waals surface area contributed by atoms with Gasteiger partial charge in [0.25, 0.3) is 0 Å². The highest BCUT2D eigenvalue weighted by Gasteiger charge is 2.54. The summed E-state index contributed by atoms with van der Waals surface area (Å²) in [6, 6.07) is -0.891. The molecule has 111 heavy (non-hydrogen) atoms. The lowest BCUT2D eigenvalue weighted by Gasteiger charge is -2.48. The van der Waals surface area contributed by atoms with Crippen molar-refractivity contribution in [2.45, 2.75) is 491 Å². The van der Waals surface area contributed by atoms with Crippen molar-refractivity contribution in [3.63, 3.8) is 0 Å². The fourth-order valence-corrected chi connectivity index (χ4v) is 15.6. The summed E-state index contributed by atoms with van der Waals surface area (Å²) in [6.45, 7) is 1.75. The average Bonchev–Trinajstić information content (AvgIpc) is 0.780. The van der Waals surface area contributed by atoms with Gasteiger partial charge in [-0.2, -0.15) is 0 Å². The van der Waals surface area contributed by atoms with Gasteiger partial charge in [-0.1, -0.05) is 383 Å². The minimum absolute atomic E-state index is 0.237. The van der Waals surface area contributed by atoms with Crippen LogP contribution >= 0.6 is 0 Å². The molecule has 650 valence electrons. The van der Waals surface area contributed by atoms with Crippen molar-refractivity contribution in [3.05, 3.63) is 60.8 Å². The van der Waals surface area contributed by atoms with Crippen molar-refractivity contribution >= 4 is 5.91 Å². The lowest BCUT2D eigenvalue weighted by atomic mass is 9.96. The lowest BCUT2D eigenvalue weighted by molar-refractivity contribution is -0.379. The number of nitrogens with one attached hydrogen (secondary N) is 1. The molecule has 19 heteroatoms. The highest BCUT2D eigenvalue weighted by Crippen LogP contribution is 2.34. The zero-order chi connectivity index (χ0) is 80.3. The van der Waals surface area contributed by atoms with Gasteiger partial charge < -0.3 is 89.9 Å². The summed E-state index contributed by atoms with van der Waals surface area (Å²) in [5, 5.41) is 121. The third kappa shape index (κ3) is 50.1. The number of carbonyl (C=O) groups is 1. The van der Waals surface area contributed by atoms with Crippen molar-refractivity contribution in [3.8, 4) is 0 Å². The monoisotopic (exact) mass is 1580 g/mol. The number of hydrogen-bond acceptors (Lipinski definition) is 18. The van der Waals surface area contributed by atoms with Gasteiger partial charge in [0.2, 0.25) is 5.91 Å². The molecule has 3 heterocycles. The molecule has 3 saturated heterocycles. The molecule has 3 fully saturated rings. The fourth-order valence-electron chi connectivity index (χ4n) is 15.6. The number of aliphatic hydroxyl groups excluding tert-OH is 11. The summed E-state index contributed by atoms with van der Waals surface area (Å²) >= 11 is 0. The maximum atomic E-state index is 13.6. The second-order valence-electron chi connectivity index (χ2n) is 32.7. The van der Waals surface area contributed by atoms with Crippen LogP contribution in [0.2, 0.25) is 0 Å². The summed E-state index contributed by atoms with van der Waals surface area (Å²) in [5.74, 6) is -0.237. The normalized spacial score (nSPS) is 25.3. The van der Waals surface area contributed by atoms with Gasteiger partial charge in [0.15, 0.2) is 18.9 Å². The van der Waals surface area contributed by atoms with Crippen molar-refractivity contribution in [1.82, 2.24) is 5.32 Å². The van der Waals surface area contributed by atoms with Gasteiger partial charge in [0.05, 0.1) is 38.6 Å². The van der Waals surface area contributed by atoms with E-state index in [-0.39, 0.29) is 18.9 Å². The lowest BCUT2D eigenvalue weighted by Crippen LogP contribution is -2.66. The average molecular weight is 1580 g/mol. The van der Waals surface area contributed by atoms with E-state index in [1.54, 1.807) is 0 Å². The molecule has 3 aliphatic heterocycles. The third-order valence-electron chi connectivity index (χ3n) is 22.9. The number of aliphatic hydroxyl groups is 11. The molecule has 0 bridgehead atoms. The number of amides is 1. The third-order valence-corrected chi connectivity index (χ3v) is 22.9. The molecule has 12 N–H and O–H groups in total. The molecule has 19 nitrogen and oxygen atoms in total. The van der Waals surface area contributed by atoms with Gasteiger partial charge in [-0.15, -0.1) is 0 Å². The largest absolute Gasteiger partial charge is 0.394 e. The zero-order valence-electron chi connectivity index (χ0n) is 70.2. The second-order valence-corrected chi connectivity index (χ2v) is 32.7. The highest BCUT2D eigenvalue weighted by molar-refractivity contribution is 5.76. The van der Waals surface area contributed by atoms with Crippen LogP contribution in [0.1, 0.15) is 386 Å². The molecule has 3 rings (SSSR count). The van der Waals surface area contributed by atoms with Crippen LogP contribution in [0.15, 0.2) is 60.8 Å². The van der Waals surface area contributed by atoms with E-state index >= 15 is 0 Å². The second kappa shape index (κ2) is 71.6. The van der Waals surface area contributed by atoms with Crippen LogP contribution in [-0.2, 0) is 33.2 Å². The van der Waals surface area contributed by atoms with E-state index in [1.165, 1.54) is 276 Å². The molecule has 0 aromatic rings. The Morgan fingerprint density at radius 2 is 0.622 bits per heavy atom. The Balaban J connectivity index is 1.31. The van der Waals surface area contributed by atoms with E-state index in [2.05, 4.69) is 79.9 Å². The summed E-state index contributed by atoms with van der Waals surface area (Å²) in [5.41, 5.74) is 0. The van der Waals surface area contributed by atoms with E-state index in [0.717, 1.165) is 77.0 Å². The van der Waals surface area contributed by atoms with Crippen LogP contribution in [0, 0.1) is 0 Å². The summed E-state index contributed by atoms with van der Waals surface area (Å²) in [7, 11) is 0. The van der Waals surface area contributed by atoms with Crippen LogP contribution in [0.25, 0.3) is 0 Å². The molecule has 0 aromatic carbocycles. The Morgan fingerprint density at radius 3 is 0.973 bits per heavy atom. The smallest absolute Gasteiger partial charge is 0.220 e. The number of ether oxygens (including phenoxy) is 6. The van der Waals surface area contributed by atoms with E-state index in [0.29, 0.717) is 12.8 Å². The van der Waals surface area contributed by atoms with Gasteiger partial charge in [0.1, 0.15) is 73.2 Å². The van der Waals surface area contributed by atoms with Crippen LogP contribution < -0.4 is 5.32 Å². The van der Waals surface area contributed by atoms with Gasteiger partial charge >= 0.3 is 0 Å². The van der Waals surface area contributed by atoms with Crippen molar-refractivity contribution in [2.75, 3.05) is 26.4 Å². The zero-order valence-corrected chi connectivity index (χ0v) is 70.2. The van der Waals surface area contributed by atoms with Crippen LogP contribution in [0.3, 0.4) is 0 Å². The van der Waals surface area contributed by atoms with Crippen LogP contribution in [0.5, 0.6) is 0 Å². The Morgan fingerprint density at radius 1 is 0.333 bits per heavy atom. The summed E-state index contributed by atoms with van der Waals surface area (Å²) < 4.78 is 34.6. The Hall–Kier alpha value is -2.51. The first-order valence-corrected chi connectivity index (χ1v) is 46.0. The molecular weight excluding hydrogens is 1410 g/mol. The minimum atomic E-state index is -1.97. The standard InChI is InChI=1S/C92H169NO18/c1-3-5-7-9-11-13-15-17-19-21-23-25-27-29-31-33-35-37-39-41-43-45-47-49-51-53-55-57-59-61-63-65-67-69-76(97)75(74-106-90-86(104)83(101)88(78(72-95)108-90)111-92-87(105)84(102)89(79(73-96)109-92)110-91-85(103)82(100)81(99)77(71-94)107-91)93-80(98)70-68-66-64-62-60-58-56-54-52-50-48-46-44-42-40-38-36-34-32-30-28-26-24-22-20-18-16-14-12-10-8-6-4-2/h6,8,12,14,18,20,24,26,30,32,75-79,81-92,94-97,99-105H,3-5,7,9-11,13,15-17,19,21-23,25,27-29,31,33-74H2,1-2H3,(H,93,98)/b8-6-,14-12-,20-18-,26-24-,32-30-. The molecule has 3 aliphatic rings. The SMILES string of the molecule is CC/C=C\C/C=C\C/C=C\C/C=C\C/C=C\CCCCCCCCCCCCCCCCCCCC(=O)NC(COC1OC(CO)C(OC2OC(CO)C(OC3OC(CO)C(O)C(O)C3O)C(O)C2O)C(O)C1O)C(O)CCCCCCCCCCCCCCCCCCCCCCCCCCCCCCCCCCC. The molecule has 0 aliphatic carbocycles. The first-order chi connectivity index (χ1) is 54.3. The minimum Gasteiger partial charge on any atom is -0.394 e. The Labute approximate surface area is 675 Å².